The number of benzene rings is 1. The third-order valence-corrected chi connectivity index (χ3v) is 5.13. The van der Waals surface area contributed by atoms with E-state index < -0.39 is 11.6 Å². The molecule has 1 atom stereocenters. The summed E-state index contributed by atoms with van der Waals surface area (Å²) in [7, 11) is 0. The minimum atomic E-state index is -0.430. The molecular weight excluding hydrogens is 400 g/mol. The van der Waals surface area contributed by atoms with Crippen molar-refractivity contribution in [2.75, 3.05) is 13.2 Å². The van der Waals surface area contributed by atoms with Gasteiger partial charge in [-0.25, -0.2) is 4.39 Å². The van der Waals surface area contributed by atoms with Crippen LogP contribution in [0.3, 0.4) is 0 Å². The number of nitrogens with one attached hydrogen (secondary N) is 1. The minimum Gasteiger partial charge on any atom is -0.349 e. The predicted octanol–water partition coefficient (Wildman–Crippen LogP) is 3.24. The lowest BCUT2D eigenvalue weighted by Gasteiger charge is -2.31. The van der Waals surface area contributed by atoms with Crippen molar-refractivity contribution in [1.29, 1.82) is 0 Å². The molecule has 6 heteroatoms. The summed E-state index contributed by atoms with van der Waals surface area (Å²) in [6.45, 7) is 0.883. The Morgan fingerprint density at radius 1 is 1.36 bits per heavy atom. The molecule has 1 heterocycles. The number of amides is 1. The summed E-state index contributed by atoms with van der Waals surface area (Å²) >= 11 is 2.03. The van der Waals surface area contributed by atoms with Gasteiger partial charge in [0.05, 0.1) is 12.2 Å². The van der Waals surface area contributed by atoms with E-state index in [1.807, 2.05) is 22.6 Å². The Hall–Kier alpha value is -0.730. The van der Waals surface area contributed by atoms with Crippen molar-refractivity contribution in [3.8, 4) is 0 Å². The van der Waals surface area contributed by atoms with Crippen LogP contribution in [0.5, 0.6) is 0 Å². The molecule has 0 bridgehead atoms. The second-order valence-corrected chi connectivity index (χ2v) is 7.02. The van der Waals surface area contributed by atoms with Gasteiger partial charge in [-0.05, 0) is 53.6 Å². The van der Waals surface area contributed by atoms with Gasteiger partial charge in [-0.2, -0.15) is 0 Å². The molecule has 0 unspecified atom stereocenters. The lowest BCUT2D eigenvalue weighted by molar-refractivity contribution is -0.186. The lowest BCUT2D eigenvalue weighted by Crippen LogP contribution is -2.37. The van der Waals surface area contributed by atoms with Gasteiger partial charge in [-0.15, -0.1) is 0 Å². The normalized spacial score (nSPS) is 23.6. The fourth-order valence-electron chi connectivity index (χ4n) is 3.04. The molecule has 1 saturated carbocycles. The molecule has 3 rings (SSSR count). The number of hydrogen-bond acceptors (Lipinski definition) is 3. The fourth-order valence-corrected chi connectivity index (χ4v) is 3.62. The average Bonchev–Trinajstić information content (AvgIpc) is 2.91. The van der Waals surface area contributed by atoms with Gasteiger partial charge in [-0.1, -0.05) is 6.42 Å². The van der Waals surface area contributed by atoms with Crippen molar-refractivity contribution in [3.63, 3.8) is 0 Å². The van der Waals surface area contributed by atoms with Gasteiger partial charge in [0, 0.05) is 23.0 Å². The van der Waals surface area contributed by atoms with E-state index in [0.717, 1.165) is 29.3 Å². The highest BCUT2D eigenvalue weighted by molar-refractivity contribution is 14.1. The largest absolute Gasteiger partial charge is 0.349 e. The Morgan fingerprint density at radius 3 is 2.91 bits per heavy atom. The van der Waals surface area contributed by atoms with E-state index in [9.17, 15) is 9.18 Å². The quantitative estimate of drug-likeness (QED) is 0.766. The molecule has 2 aliphatic rings. The molecule has 2 fully saturated rings. The SMILES string of the molecule is O=C(NC[C@H]1COC2(CCCCC2)O1)c1cc(F)ccc1I. The van der Waals surface area contributed by atoms with Crippen molar-refractivity contribution >= 4 is 28.5 Å². The van der Waals surface area contributed by atoms with Gasteiger partial charge in [-0.3, -0.25) is 4.79 Å². The summed E-state index contributed by atoms with van der Waals surface area (Å²) in [5, 5.41) is 2.82. The zero-order chi connectivity index (χ0) is 15.6. The van der Waals surface area contributed by atoms with Crippen molar-refractivity contribution in [1.82, 2.24) is 5.32 Å². The molecule has 22 heavy (non-hydrogen) atoms. The maximum atomic E-state index is 13.3. The molecule has 1 spiro atoms. The van der Waals surface area contributed by atoms with Crippen molar-refractivity contribution < 1.29 is 18.7 Å². The van der Waals surface area contributed by atoms with Gasteiger partial charge in [0.25, 0.3) is 5.91 Å². The smallest absolute Gasteiger partial charge is 0.252 e. The van der Waals surface area contributed by atoms with E-state index in [1.165, 1.54) is 18.6 Å². The van der Waals surface area contributed by atoms with Crippen LogP contribution in [0.1, 0.15) is 42.5 Å². The molecule has 1 aliphatic carbocycles. The third kappa shape index (κ3) is 3.60. The Morgan fingerprint density at radius 2 is 2.14 bits per heavy atom. The van der Waals surface area contributed by atoms with Crippen LogP contribution < -0.4 is 5.32 Å². The first-order valence-corrected chi connectivity index (χ1v) is 8.71. The first-order valence-electron chi connectivity index (χ1n) is 7.63. The van der Waals surface area contributed by atoms with E-state index in [4.69, 9.17) is 9.47 Å². The van der Waals surface area contributed by atoms with Crippen molar-refractivity contribution in [3.05, 3.63) is 33.1 Å². The van der Waals surface area contributed by atoms with Gasteiger partial charge in [0.2, 0.25) is 0 Å². The molecule has 1 aliphatic heterocycles. The Labute approximate surface area is 142 Å². The average molecular weight is 419 g/mol. The summed E-state index contributed by atoms with van der Waals surface area (Å²) in [6.07, 6.45) is 5.21. The van der Waals surface area contributed by atoms with E-state index in [0.29, 0.717) is 18.7 Å². The van der Waals surface area contributed by atoms with Gasteiger partial charge in [0.1, 0.15) is 11.9 Å². The third-order valence-electron chi connectivity index (χ3n) is 4.19. The number of halogens is 2. The predicted molar refractivity (Wildman–Crippen MR) is 88.1 cm³/mol. The molecule has 1 aromatic carbocycles. The molecule has 1 saturated heterocycles. The van der Waals surface area contributed by atoms with Crippen molar-refractivity contribution in [2.45, 2.75) is 44.0 Å². The highest BCUT2D eigenvalue weighted by Crippen LogP contribution is 2.37. The molecule has 0 aromatic heterocycles. The topological polar surface area (TPSA) is 47.6 Å². The van der Waals surface area contributed by atoms with E-state index in [1.54, 1.807) is 6.07 Å². The number of carbonyl (C=O) groups excluding carboxylic acids is 1. The van der Waals surface area contributed by atoms with Crippen LogP contribution >= 0.6 is 22.6 Å². The summed E-state index contributed by atoms with van der Waals surface area (Å²) in [5.41, 5.74) is 0.354. The standard InChI is InChI=1S/C16H19FINO3/c17-11-4-5-14(18)13(8-11)15(20)19-9-12-10-21-16(22-12)6-2-1-3-7-16/h4-5,8,12H,1-3,6-7,9-10H2,(H,19,20)/t12-/m0/s1. The monoisotopic (exact) mass is 419 g/mol. The Balaban J connectivity index is 1.54. The maximum Gasteiger partial charge on any atom is 0.252 e. The molecular formula is C16H19FINO3. The summed E-state index contributed by atoms with van der Waals surface area (Å²) in [5.74, 6) is -1.12. The Kier molecular flexibility index (Phi) is 4.99. The van der Waals surface area contributed by atoms with E-state index >= 15 is 0 Å². The van der Waals surface area contributed by atoms with Gasteiger partial charge < -0.3 is 14.8 Å². The molecule has 1 amide bonds. The highest BCUT2D eigenvalue weighted by atomic mass is 127. The lowest BCUT2D eigenvalue weighted by atomic mass is 9.94. The number of carbonyl (C=O) groups is 1. The van der Waals surface area contributed by atoms with Crippen LogP contribution in [0, 0.1) is 9.39 Å². The van der Waals surface area contributed by atoms with Crippen LogP contribution in [0.4, 0.5) is 4.39 Å². The van der Waals surface area contributed by atoms with Crippen LogP contribution in [-0.4, -0.2) is 30.9 Å². The maximum absolute atomic E-state index is 13.3. The van der Waals surface area contributed by atoms with Gasteiger partial charge in [0.15, 0.2) is 5.79 Å². The summed E-state index contributed by atoms with van der Waals surface area (Å²) in [6, 6.07) is 4.20. The van der Waals surface area contributed by atoms with Crippen LogP contribution in [0.2, 0.25) is 0 Å². The Bertz CT molecular complexity index is 560. The molecule has 1 N–H and O–H groups in total. The summed E-state index contributed by atoms with van der Waals surface area (Å²) in [4.78, 5) is 12.2. The highest BCUT2D eigenvalue weighted by Gasteiger charge is 2.42. The summed E-state index contributed by atoms with van der Waals surface area (Å²) < 4.78 is 25.8. The first kappa shape index (κ1) is 16.1. The molecule has 1 aromatic rings. The van der Waals surface area contributed by atoms with Crippen molar-refractivity contribution in [2.24, 2.45) is 0 Å². The fraction of sp³-hybridized carbons (Fsp3) is 0.562. The first-order chi connectivity index (χ1) is 10.6. The number of ether oxygens (including phenoxy) is 2. The van der Waals surface area contributed by atoms with E-state index in [2.05, 4.69) is 5.32 Å². The second kappa shape index (κ2) is 6.80. The van der Waals surface area contributed by atoms with Crippen LogP contribution in [-0.2, 0) is 9.47 Å². The van der Waals surface area contributed by atoms with Gasteiger partial charge >= 0.3 is 0 Å². The molecule has 0 radical (unpaired) electrons. The van der Waals surface area contributed by atoms with Crippen LogP contribution in [0.15, 0.2) is 18.2 Å². The zero-order valence-corrected chi connectivity index (χ0v) is 14.4. The minimum absolute atomic E-state index is 0.131. The van der Waals surface area contributed by atoms with E-state index in [-0.39, 0.29) is 12.0 Å². The number of hydrogen-bond donors (Lipinski definition) is 1. The van der Waals surface area contributed by atoms with Crippen LogP contribution in [0.25, 0.3) is 0 Å². The zero-order valence-electron chi connectivity index (χ0n) is 12.2. The molecule has 4 nitrogen and oxygen atoms in total. The molecule has 120 valence electrons. The number of rotatable bonds is 3. The second-order valence-electron chi connectivity index (χ2n) is 5.86.